The van der Waals surface area contributed by atoms with E-state index < -0.39 is 4.92 Å². The molecule has 2 aromatic rings. The van der Waals surface area contributed by atoms with Gasteiger partial charge < -0.3 is 5.32 Å². The molecule has 0 saturated heterocycles. The second-order valence-corrected chi connectivity index (χ2v) is 4.01. The van der Waals surface area contributed by atoms with Crippen LogP contribution in [-0.4, -0.2) is 20.1 Å². The molecule has 7 nitrogen and oxygen atoms in total. The monoisotopic (exact) mass is 247 g/mol. The van der Waals surface area contributed by atoms with Gasteiger partial charge in [0.2, 0.25) is 0 Å². The lowest BCUT2D eigenvalue weighted by Crippen LogP contribution is -2.10. The number of anilines is 1. The van der Waals surface area contributed by atoms with Crippen molar-refractivity contribution in [2.75, 3.05) is 5.32 Å². The third-order valence-electron chi connectivity index (χ3n) is 2.57. The zero-order chi connectivity index (χ0) is 13.1. The number of H-pyrrole nitrogens is 1. The fourth-order valence-electron chi connectivity index (χ4n) is 1.64. The molecule has 94 valence electrons. The number of nitrogens with one attached hydrogen (secondary N) is 2. The Balaban J connectivity index is 2.26. The summed E-state index contributed by atoms with van der Waals surface area (Å²) in [5.74, 6) is 0.630. The van der Waals surface area contributed by atoms with Crippen LogP contribution in [0.1, 0.15) is 24.4 Å². The fraction of sp³-hybridized carbons (Fsp3) is 0.273. The van der Waals surface area contributed by atoms with Gasteiger partial charge in [-0.2, -0.15) is 5.10 Å². The Morgan fingerprint density at radius 1 is 1.50 bits per heavy atom. The topological polar surface area (TPSA) is 96.7 Å². The van der Waals surface area contributed by atoms with Crippen molar-refractivity contribution in [1.82, 2.24) is 15.2 Å². The van der Waals surface area contributed by atoms with Crippen molar-refractivity contribution in [2.45, 2.75) is 19.9 Å². The van der Waals surface area contributed by atoms with Gasteiger partial charge in [0.25, 0.3) is 5.69 Å². The number of rotatable bonds is 4. The Morgan fingerprint density at radius 2 is 2.28 bits per heavy atom. The van der Waals surface area contributed by atoms with Crippen molar-refractivity contribution in [1.29, 1.82) is 0 Å². The van der Waals surface area contributed by atoms with Gasteiger partial charge in [0.15, 0.2) is 0 Å². The first-order valence-electron chi connectivity index (χ1n) is 5.45. The molecule has 0 fully saturated rings. The van der Waals surface area contributed by atoms with Gasteiger partial charge in [-0.15, -0.1) is 0 Å². The molecule has 1 aromatic carbocycles. The van der Waals surface area contributed by atoms with Crippen LogP contribution in [0, 0.1) is 17.0 Å². The Bertz CT molecular complexity index is 553. The number of nitrogens with zero attached hydrogens (tertiary/aromatic N) is 3. The molecule has 0 bridgehead atoms. The van der Waals surface area contributed by atoms with Gasteiger partial charge in [0.1, 0.15) is 17.8 Å². The van der Waals surface area contributed by atoms with Crippen molar-refractivity contribution in [3.8, 4) is 0 Å². The zero-order valence-electron chi connectivity index (χ0n) is 10.0. The van der Waals surface area contributed by atoms with E-state index in [2.05, 4.69) is 20.5 Å². The van der Waals surface area contributed by atoms with Crippen LogP contribution in [-0.2, 0) is 0 Å². The van der Waals surface area contributed by atoms with E-state index in [4.69, 9.17) is 0 Å². The minimum Gasteiger partial charge on any atom is -0.370 e. The molecule has 0 amide bonds. The van der Waals surface area contributed by atoms with Crippen molar-refractivity contribution < 1.29 is 4.92 Å². The minimum atomic E-state index is -0.400. The number of aromatic nitrogens is 3. The summed E-state index contributed by atoms with van der Waals surface area (Å²) < 4.78 is 0. The number of hydrogen-bond acceptors (Lipinski definition) is 5. The maximum absolute atomic E-state index is 11.0. The van der Waals surface area contributed by atoms with Crippen molar-refractivity contribution in [2.24, 2.45) is 0 Å². The molecule has 7 heteroatoms. The summed E-state index contributed by atoms with van der Waals surface area (Å²) in [5.41, 5.74) is 1.37. The van der Waals surface area contributed by atoms with E-state index in [-0.39, 0.29) is 11.7 Å². The van der Waals surface area contributed by atoms with Gasteiger partial charge in [0, 0.05) is 6.07 Å². The van der Waals surface area contributed by atoms with Gasteiger partial charge in [-0.25, -0.2) is 4.98 Å². The van der Waals surface area contributed by atoms with Crippen molar-refractivity contribution >= 4 is 11.4 Å². The highest BCUT2D eigenvalue weighted by Crippen LogP contribution is 2.28. The number of aryl methyl sites for hydroxylation is 1. The highest BCUT2D eigenvalue weighted by Gasteiger charge is 2.17. The number of aromatic amines is 1. The maximum Gasteiger partial charge on any atom is 0.292 e. The number of nitro groups is 1. The molecule has 0 saturated carbocycles. The Labute approximate surface area is 103 Å². The van der Waals surface area contributed by atoms with Crippen LogP contribution in [0.2, 0.25) is 0 Å². The van der Waals surface area contributed by atoms with E-state index in [9.17, 15) is 10.1 Å². The van der Waals surface area contributed by atoms with Crippen LogP contribution in [0.25, 0.3) is 0 Å². The molecule has 1 heterocycles. The average molecular weight is 247 g/mol. The maximum atomic E-state index is 11.0. The molecule has 18 heavy (non-hydrogen) atoms. The molecular weight excluding hydrogens is 234 g/mol. The van der Waals surface area contributed by atoms with Gasteiger partial charge in [-0.1, -0.05) is 6.07 Å². The largest absolute Gasteiger partial charge is 0.370 e. The Kier molecular flexibility index (Phi) is 3.22. The number of benzene rings is 1. The lowest BCUT2D eigenvalue weighted by molar-refractivity contribution is -0.384. The molecule has 0 aliphatic carbocycles. The SMILES string of the molecule is Cc1ccc(NC(C)c2ncn[nH]2)c([N+](=O)[O-])c1. The first-order chi connectivity index (χ1) is 8.58. The summed E-state index contributed by atoms with van der Waals surface area (Å²) in [5, 5.41) is 20.5. The molecule has 1 aromatic heterocycles. The summed E-state index contributed by atoms with van der Waals surface area (Å²) in [7, 11) is 0. The lowest BCUT2D eigenvalue weighted by atomic mass is 10.2. The fourth-order valence-corrected chi connectivity index (χ4v) is 1.64. The van der Waals surface area contributed by atoms with E-state index in [1.807, 2.05) is 19.9 Å². The number of nitro benzene ring substituents is 1. The second-order valence-electron chi connectivity index (χ2n) is 4.01. The summed E-state index contributed by atoms with van der Waals surface area (Å²) in [4.78, 5) is 14.6. The van der Waals surface area contributed by atoms with Gasteiger partial charge in [-0.05, 0) is 25.5 Å². The molecule has 0 aliphatic rings. The summed E-state index contributed by atoms with van der Waals surface area (Å²) in [6.45, 7) is 3.67. The summed E-state index contributed by atoms with van der Waals surface area (Å²) in [6, 6.07) is 4.87. The van der Waals surface area contributed by atoms with Crippen LogP contribution in [0.3, 0.4) is 0 Å². The van der Waals surface area contributed by atoms with E-state index >= 15 is 0 Å². The normalized spacial score (nSPS) is 12.1. The standard InChI is InChI=1S/C11H13N5O2/c1-7-3-4-9(10(5-7)16(17)18)14-8(2)11-12-6-13-15-11/h3-6,8,14H,1-2H3,(H,12,13,15). The van der Waals surface area contributed by atoms with E-state index in [1.54, 1.807) is 6.07 Å². The van der Waals surface area contributed by atoms with Crippen molar-refractivity contribution in [3.63, 3.8) is 0 Å². The molecular formula is C11H13N5O2. The van der Waals surface area contributed by atoms with Crippen LogP contribution in [0.15, 0.2) is 24.5 Å². The number of hydrogen-bond donors (Lipinski definition) is 2. The quantitative estimate of drug-likeness (QED) is 0.637. The van der Waals surface area contributed by atoms with Crippen LogP contribution in [0.4, 0.5) is 11.4 Å². The van der Waals surface area contributed by atoms with Crippen LogP contribution >= 0.6 is 0 Å². The Morgan fingerprint density at radius 3 is 2.89 bits per heavy atom. The van der Waals surface area contributed by atoms with E-state index in [1.165, 1.54) is 12.4 Å². The molecule has 0 radical (unpaired) electrons. The molecule has 2 N–H and O–H groups in total. The van der Waals surface area contributed by atoms with E-state index in [0.29, 0.717) is 11.5 Å². The Hall–Kier alpha value is -2.44. The third-order valence-corrected chi connectivity index (χ3v) is 2.57. The second kappa shape index (κ2) is 4.82. The summed E-state index contributed by atoms with van der Waals surface area (Å²) in [6.07, 6.45) is 1.40. The average Bonchev–Trinajstić information content (AvgIpc) is 2.84. The van der Waals surface area contributed by atoms with Gasteiger partial charge >= 0.3 is 0 Å². The first-order valence-corrected chi connectivity index (χ1v) is 5.45. The predicted octanol–water partition coefficient (Wildman–Crippen LogP) is 2.19. The predicted molar refractivity (Wildman–Crippen MR) is 66.3 cm³/mol. The zero-order valence-corrected chi connectivity index (χ0v) is 10.0. The highest BCUT2D eigenvalue weighted by molar-refractivity contribution is 5.63. The smallest absolute Gasteiger partial charge is 0.292 e. The van der Waals surface area contributed by atoms with Crippen molar-refractivity contribution in [3.05, 3.63) is 46.0 Å². The summed E-state index contributed by atoms with van der Waals surface area (Å²) >= 11 is 0. The van der Waals surface area contributed by atoms with Crippen LogP contribution < -0.4 is 5.32 Å². The molecule has 0 spiro atoms. The van der Waals surface area contributed by atoms with Gasteiger partial charge in [-0.3, -0.25) is 15.2 Å². The lowest BCUT2D eigenvalue weighted by Gasteiger charge is -2.12. The van der Waals surface area contributed by atoms with Gasteiger partial charge in [0.05, 0.1) is 11.0 Å². The molecule has 2 rings (SSSR count). The third kappa shape index (κ3) is 2.45. The first kappa shape index (κ1) is 12.0. The van der Waals surface area contributed by atoms with Crippen LogP contribution in [0.5, 0.6) is 0 Å². The molecule has 0 aliphatic heterocycles. The van der Waals surface area contributed by atoms with E-state index in [0.717, 1.165) is 5.56 Å². The molecule has 1 atom stereocenters. The minimum absolute atomic E-state index is 0.0568. The molecule has 1 unspecified atom stereocenters. The highest BCUT2D eigenvalue weighted by atomic mass is 16.6.